The molecule has 2 saturated heterocycles. The van der Waals surface area contributed by atoms with Gasteiger partial charge in [0, 0.05) is 38.8 Å². The summed E-state index contributed by atoms with van der Waals surface area (Å²) in [4.78, 5) is 41.4. The molecule has 0 aliphatic carbocycles. The van der Waals surface area contributed by atoms with E-state index in [1.807, 2.05) is 4.90 Å². The molecule has 2 aliphatic rings. The van der Waals surface area contributed by atoms with Crippen LogP contribution in [0.3, 0.4) is 0 Å². The number of carbonyl (C=O) groups excluding carboxylic acids is 3. The van der Waals surface area contributed by atoms with Crippen LogP contribution in [0.5, 0.6) is 0 Å². The molecule has 136 valence electrons. The maximum absolute atomic E-state index is 12.4. The lowest BCUT2D eigenvalue weighted by Gasteiger charge is -2.38. The normalized spacial score (nSPS) is 22.3. The highest BCUT2D eigenvalue weighted by atomic mass is 16.2. The van der Waals surface area contributed by atoms with E-state index < -0.39 is 0 Å². The number of likely N-dealkylation sites (tertiary alicyclic amines) is 1. The fourth-order valence-corrected chi connectivity index (χ4v) is 3.26. The summed E-state index contributed by atoms with van der Waals surface area (Å²) in [6, 6.07) is 0.334. The maximum Gasteiger partial charge on any atom is 0.242 e. The molecule has 2 rings (SSSR count). The number of nitrogens with zero attached hydrogens (tertiary/aromatic N) is 3. The topological polar surface area (TPSA) is 99.0 Å². The zero-order valence-electron chi connectivity index (χ0n) is 14.5. The Hall–Kier alpha value is -1.67. The number of nitrogens with two attached hydrogens (primary N) is 1. The predicted octanol–water partition coefficient (Wildman–Crippen LogP) is -1.39. The van der Waals surface area contributed by atoms with E-state index in [9.17, 15) is 14.4 Å². The number of amides is 3. The Bertz CT molecular complexity index is 463. The second-order valence-electron chi connectivity index (χ2n) is 6.57. The summed E-state index contributed by atoms with van der Waals surface area (Å²) in [5, 5.41) is 2.49. The molecule has 0 aromatic heterocycles. The summed E-state index contributed by atoms with van der Waals surface area (Å²) < 4.78 is 0. The molecular formula is C16H29N5O3. The van der Waals surface area contributed by atoms with Crippen LogP contribution in [0.15, 0.2) is 0 Å². The third kappa shape index (κ3) is 5.17. The molecule has 2 fully saturated rings. The largest absolute Gasteiger partial charge is 0.346 e. The SMILES string of the molecule is CC1CCCCN1C(=O)CN1CCN(C(=O)CNC(=O)CN)CC1. The monoisotopic (exact) mass is 339 g/mol. The van der Waals surface area contributed by atoms with E-state index in [4.69, 9.17) is 5.73 Å². The Balaban J connectivity index is 1.71. The molecule has 0 saturated carbocycles. The molecule has 8 nitrogen and oxygen atoms in total. The van der Waals surface area contributed by atoms with Gasteiger partial charge in [0.1, 0.15) is 0 Å². The van der Waals surface area contributed by atoms with Crippen LogP contribution in [0.4, 0.5) is 0 Å². The van der Waals surface area contributed by atoms with Crippen molar-refractivity contribution in [2.45, 2.75) is 32.2 Å². The molecule has 0 bridgehead atoms. The van der Waals surface area contributed by atoms with Crippen LogP contribution in [-0.2, 0) is 14.4 Å². The van der Waals surface area contributed by atoms with Crippen molar-refractivity contribution in [1.29, 1.82) is 0 Å². The second kappa shape index (κ2) is 8.98. The van der Waals surface area contributed by atoms with Crippen LogP contribution < -0.4 is 11.1 Å². The lowest BCUT2D eigenvalue weighted by Crippen LogP contribution is -2.54. The summed E-state index contributed by atoms with van der Waals surface area (Å²) in [6.07, 6.45) is 3.38. The smallest absolute Gasteiger partial charge is 0.242 e. The zero-order chi connectivity index (χ0) is 17.5. The minimum atomic E-state index is -0.330. The molecular weight excluding hydrogens is 310 g/mol. The average molecular weight is 339 g/mol. The first-order chi connectivity index (χ1) is 11.5. The second-order valence-corrected chi connectivity index (χ2v) is 6.57. The van der Waals surface area contributed by atoms with Crippen molar-refractivity contribution in [3.63, 3.8) is 0 Å². The van der Waals surface area contributed by atoms with E-state index in [0.717, 1.165) is 19.4 Å². The predicted molar refractivity (Wildman–Crippen MR) is 90.1 cm³/mol. The highest BCUT2D eigenvalue weighted by Crippen LogP contribution is 2.16. The lowest BCUT2D eigenvalue weighted by molar-refractivity contribution is -0.137. The fraction of sp³-hybridized carbons (Fsp3) is 0.812. The summed E-state index contributed by atoms with van der Waals surface area (Å²) in [6.45, 7) is 5.81. The van der Waals surface area contributed by atoms with E-state index in [1.165, 1.54) is 6.42 Å². The Morgan fingerprint density at radius 1 is 1.04 bits per heavy atom. The van der Waals surface area contributed by atoms with Crippen LogP contribution in [0.1, 0.15) is 26.2 Å². The third-order valence-electron chi connectivity index (χ3n) is 4.83. The molecule has 2 heterocycles. The number of nitrogens with one attached hydrogen (secondary N) is 1. The molecule has 0 spiro atoms. The van der Waals surface area contributed by atoms with Gasteiger partial charge in [0.15, 0.2) is 0 Å². The summed E-state index contributed by atoms with van der Waals surface area (Å²) >= 11 is 0. The molecule has 0 aromatic rings. The van der Waals surface area contributed by atoms with Crippen molar-refractivity contribution < 1.29 is 14.4 Å². The fourth-order valence-electron chi connectivity index (χ4n) is 3.26. The van der Waals surface area contributed by atoms with Crippen LogP contribution in [-0.4, -0.2) is 90.8 Å². The number of rotatable bonds is 5. The van der Waals surface area contributed by atoms with Gasteiger partial charge in [0.2, 0.25) is 17.7 Å². The first-order valence-electron chi connectivity index (χ1n) is 8.77. The Morgan fingerprint density at radius 3 is 2.38 bits per heavy atom. The maximum atomic E-state index is 12.4. The van der Waals surface area contributed by atoms with Crippen molar-refractivity contribution in [2.24, 2.45) is 5.73 Å². The minimum absolute atomic E-state index is 0.0136. The lowest BCUT2D eigenvalue weighted by atomic mass is 10.0. The van der Waals surface area contributed by atoms with Crippen molar-refractivity contribution in [3.8, 4) is 0 Å². The van der Waals surface area contributed by atoms with Crippen molar-refractivity contribution in [2.75, 3.05) is 52.4 Å². The van der Waals surface area contributed by atoms with Crippen LogP contribution in [0.25, 0.3) is 0 Å². The van der Waals surface area contributed by atoms with Gasteiger partial charge in [-0.05, 0) is 26.2 Å². The first kappa shape index (κ1) is 18.7. The van der Waals surface area contributed by atoms with Crippen LogP contribution in [0.2, 0.25) is 0 Å². The quantitative estimate of drug-likeness (QED) is 0.642. The van der Waals surface area contributed by atoms with Crippen molar-refractivity contribution in [1.82, 2.24) is 20.0 Å². The van der Waals surface area contributed by atoms with Gasteiger partial charge >= 0.3 is 0 Å². The summed E-state index contributed by atoms with van der Waals surface area (Å²) in [5.41, 5.74) is 5.19. The van der Waals surface area contributed by atoms with Gasteiger partial charge in [-0.25, -0.2) is 0 Å². The van der Waals surface area contributed by atoms with Gasteiger partial charge in [-0.15, -0.1) is 0 Å². The molecule has 1 unspecified atom stereocenters. The van der Waals surface area contributed by atoms with E-state index in [1.54, 1.807) is 4.90 Å². The first-order valence-corrected chi connectivity index (χ1v) is 8.77. The molecule has 3 amide bonds. The zero-order valence-corrected chi connectivity index (χ0v) is 14.5. The van der Waals surface area contributed by atoms with E-state index >= 15 is 0 Å². The summed E-state index contributed by atoms with van der Waals surface area (Å²) in [5.74, 6) is -0.243. The van der Waals surface area contributed by atoms with Gasteiger partial charge in [-0.3, -0.25) is 19.3 Å². The Kier molecular flexibility index (Phi) is 6.99. The average Bonchev–Trinajstić information content (AvgIpc) is 2.60. The number of piperidine rings is 1. The summed E-state index contributed by atoms with van der Waals surface area (Å²) in [7, 11) is 0. The minimum Gasteiger partial charge on any atom is -0.346 e. The number of carbonyl (C=O) groups is 3. The van der Waals surface area contributed by atoms with Gasteiger partial charge in [-0.2, -0.15) is 0 Å². The Labute approximate surface area is 143 Å². The van der Waals surface area contributed by atoms with Crippen molar-refractivity contribution >= 4 is 17.7 Å². The number of hydrogen-bond acceptors (Lipinski definition) is 5. The van der Waals surface area contributed by atoms with Crippen molar-refractivity contribution in [3.05, 3.63) is 0 Å². The molecule has 8 heteroatoms. The molecule has 24 heavy (non-hydrogen) atoms. The van der Waals surface area contributed by atoms with E-state index in [2.05, 4.69) is 17.1 Å². The number of piperazine rings is 1. The molecule has 3 N–H and O–H groups in total. The number of hydrogen-bond donors (Lipinski definition) is 2. The molecule has 0 radical (unpaired) electrons. The van der Waals surface area contributed by atoms with Gasteiger partial charge < -0.3 is 20.9 Å². The van der Waals surface area contributed by atoms with Gasteiger partial charge in [0.25, 0.3) is 0 Å². The van der Waals surface area contributed by atoms with E-state index in [0.29, 0.717) is 38.8 Å². The highest BCUT2D eigenvalue weighted by molar-refractivity contribution is 5.85. The standard InChI is InChI=1S/C16H29N5O3/c1-13-4-2-3-5-21(13)16(24)12-19-6-8-20(9-7-19)15(23)11-18-14(22)10-17/h13H,2-12,17H2,1H3,(H,18,22). The molecule has 1 atom stereocenters. The van der Waals surface area contributed by atoms with E-state index in [-0.39, 0.29) is 30.8 Å². The molecule has 0 aromatic carbocycles. The van der Waals surface area contributed by atoms with Crippen LogP contribution in [0, 0.1) is 0 Å². The highest BCUT2D eigenvalue weighted by Gasteiger charge is 2.27. The Morgan fingerprint density at radius 2 is 1.75 bits per heavy atom. The van der Waals surface area contributed by atoms with Gasteiger partial charge in [-0.1, -0.05) is 0 Å². The third-order valence-corrected chi connectivity index (χ3v) is 4.83. The van der Waals surface area contributed by atoms with Crippen LogP contribution >= 0.6 is 0 Å². The van der Waals surface area contributed by atoms with Gasteiger partial charge in [0.05, 0.1) is 19.6 Å². The molecule has 2 aliphatic heterocycles.